The first kappa shape index (κ1) is 12.8. The number of benzene rings is 1. The van der Waals surface area contributed by atoms with E-state index in [0.717, 1.165) is 12.2 Å². The van der Waals surface area contributed by atoms with Crippen LogP contribution in [0.3, 0.4) is 0 Å². The smallest absolute Gasteiger partial charge is 0.185 e. The van der Waals surface area contributed by atoms with Crippen LogP contribution in [0.25, 0.3) is 0 Å². The predicted octanol–water partition coefficient (Wildman–Crippen LogP) is 3.54. The molecule has 1 atom stereocenters. The van der Waals surface area contributed by atoms with Gasteiger partial charge >= 0.3 is 0 Å². The number of carbonyl (C=O) groups excluding carboxylic acids is 1. The van der Waals surface area contributed by atoms with Crippen LogP contribution in [-0.2, 0) is 6.42 Å². The Kier molecular flexibility index (Phi) is 3.82. The van der Waals surface area contributed by atoms with Crippen molar-refractivity contribution in [3.8, 4) is 0 Å². The minimum absolute atomic E-state index is 0.0689. The zero-order valence-corrected chi connectivity index (χ0v) is 11.2. The summed E-state index contributed by atoms with van der Waals surface area (Å²) in [4.78, 5) is 16.6. The van der Waals surface area contributed by atoms with E-state index in [1.165, 1.54) is 0 Å². The lowest BCUT2D eigenvalue weighted by Crippen LogP contribution is -2.18. The van der Waals surface area contributed by atoms with Gasteiger partial charge in [-0.1, -0.05) is 18.5 Å². The molecule has 0 bridgehead atoms. The fraction of sp³-hybridized carbons (Fsp3) is 0.286. The number of halogens is 1. The number of nitrogens with zero attached hydrogens (tertiary/aromatic N) is 2. The van der Waals surface area contributed by atoms with E-state index in [1.54, 1.807) is 30.5 Å². The summed E-state index contributed by atoms with van der Waals surface area (Å²) in [6, 6.07) is 6.73. The van der Waals surface area contributed by atoms with E-state index in [-0.39, 0.29) is 11.8 Å². The third-order valence-electron chi connectivity index (χ3n) is 2.99. The van der Waals surface area contributed by atoms with Crippen LogP contribution < -0.4 is 0 Å². The van der Waals surface area contributed by atoms with Crippen molar-refractivity contribution in [2.75, 3.05) is 0 Å². The normalized spacial score (nSPS) is 12.4. The average molecular weight is 263 g/mol. The molecule has 2 aromatic rings. The summed E-state index contributed by atoms with van der Waals surface area (Å²) in [5.41, 5.74) is 0.669. The van der Waals surface area contributed by atoms with Crippen molar-refractivity contribution in [2.45, 2.75) is 26.3 Å². The van der Waals surface area contributed by atoms with Crippen molar-refractivity contribution < 1.29 is 4.79 Å². The third kappa shape index (κ3) is 2.46. The number of aromatic nitrogens is 2. The SMILES string of the molecule is CCc1nccn1C(C)C(=O)c1ccc(Cl)cc1. The number of carbonyl (C=O) groups is 1. The van der Waals surface area contributed by atoms with Crippen molar-refractivity contribution in [3.63, 3.8) is 0 Å². The molecule has 0 amide bonds. The van der Waals surface area contributed by atoms with E-state index in [4.69, 9.17) is 11.6 Å². The molecule has 1 aromatic carbocycles. The number of aryl methyl sites for hydroxylation is 1. The summed E-state index contributed by atoms with van der Waals surface area (Å²) in [5.74, 6) is 0.990. The van der Waals surface area contributed by atoms with Crippen LogP contribution in [0.1, 0.15) is 36.1 Å². The Labute approximate surface area is 111 Å². The topological polar surface area (TPSA) is 34.9 Å². The van der Waals surface area contributed by atoms with Crippen molar-refractivity contribution in [1.29, 1.82) is 0 Å². The first-order valence-electron chi connectivity index (χ1n) is 5.95. The van der Waals surface area contributed by atoms with Crippen molar-refractivity contribution in [2.24, 2.45) is 0 Å². The van der Waals surface area contributed by atoms with Gasteiger partial charge in [-0.3, -0.25) is 4.79 Å². The molecule has 18 heavy (non-hydrogen) atoms. The molecular weight excluding hydrogens is 248 g/mol. The molecule has 0 radical (unpaired) electrons. The summed E-state index contributed by atoms with van der Waals surface area (Å²) < 4.78 is 1.91. The molecule has 1 aromatic heterocycles. The molecule has 3 nitrogen and oxygen atoms in total. The Hall–Kier alpha value is -1.61. The van der Waals surface area contributed by atoms with Gasteiger partial charge in [-0.05, 0) is 31.2 Å². The lowest BCUT2D eigenvalue weighted by atomic mass is 10.1. The van der Waals surface area contributed by atoms with Crippen LogP contribution in [0, 0.1) is 0 Å². The lowest BCUT2D eigenvalue weighted by molar-refractivity contribution is 0.0933. The van der Waals surface area contributed by atoms with Crippen molar-refractivity contribution >= 4 is 17.4 Å². The number of rotatable bonds is 4. The molecule has 0 aliphatic heterocycles. The molecule has 1 unspecified atom stereocenters. The largest absolute Gasteiger partial charge is 0.324 e. The van der Waals surface area contributed by atoms with Crippen LogP contribution in [0.2, 0.25) is 5.02 Å². The number of hydrogen-bond acceptors (Lipinski definition) is 2. The standard InChI is InChI=1S/C14H15ClN2O/c1-3-13-16-8-9-17(13)10(2)14(18)11-4-6-12(15)7-5-11/h4-10H,3H2,1-2H3. The molecule has 94 valence electrons. The van der Waals surface area contributed by atoms with Crippen molar-refractivity contribution in [3.05, 3.63) is 53.1 Å². The number of hydrogen-bond donors (Lipinski definition) is 0. The minimum atomic E-state index is -0.247. The lowest BCUT2D eigenvalue weighted by Gasteiger charge is -2.14. The maximum Gasteiger partial charge on any atom is 0.185 e. The molecular formula is C14H15ClN2O. The van der Waals surface area contributed by atoms with Gasteiger partial charge in [0.25, 0.3) is 0 Å². The molecule has 0 saturated heterocycles. The fourth-order valence-electron chi connectivity index (χ4n) is 1.95. The van der Waals surface area contributed by atoms with Gasteiger partial charge in [-0.25, -0.2) is 4.98 Å². The summed E-state index contributed by atoms with van der Waals surface area (Å²) in [6.45, 7) is 3.91. The van der Waals surface area contributed by atoms with Crippen LogP contribution in [0.5, 0.6) is 0 Å². The Balaban J connectivity index is 2.26. The van der Waals surface area contributed by atoms with Crippen LogP contribution in [0.15, 0.2) is 36.7 Å². The molecule has 0 fully saturated rings. The van der Waals surface area contributed by atoms with Gasteiger partial charge in [0.15, 0.2) is 5.78 Å². The highest BCUT2D eigenvalue weighted by Gasteiger charge is 2.18. The maximum atomic E-state index is 12.3. The quantitative estimate of drug-likeness (QED) is 0.790. The summed E-state index contributed by atoms with van der Waals surface area (Å²) >= 11 is 5.82. The van der Waals surface area contributed by atoms with Gasteiger partial charge in [0.1, 0.15) is 5.82 Å². The van der Waals surface area contributed by atoms with Gasteiger partial charge in [0, 0.05) is 29.4 Å². The molecule has 0 aliphatic rings. The Morgan fingerprint density at radius 2 is 2.06 bits per heavy atom. The second kappa shape index (κ2) is 5.36. The zero-order valence-electron chi connectivity index (χ0n) is 10.4. The summed E-state index contributed by atoms with van der Waals surface area (Å²) in [7, 11) is 0. The predicted molar refractivity (Wildman–Crippen MR) is 72.1 cm³/mol. The fourth-order valence-corrected chi connectivity index (χ4v) is 2.08. The van der Waals surface area contributed by atoms with E-state index < -0.39 is 0 Å². The highest BCUT2D eigenvalue weighted by Crippen LogP contribution is 2.18. The van der Waals surface area contributed by atoms with E-state index in [0.29, 0.717) is 10.6 Å². The molecule has 2 rings (SSSR count). The van der Waals surface area contributed by atoms with Crippen LogP contribution in [0.4, 0.5) is 0 Å². The number of Topliss-reactive ketones (excluding diaryl/α,β-unsaturated/α-hetero) is 1. The molecule has 0 spiro atoms. The second-order valence-corrected chi connectivity index (χ2v) is 4.59. The first-order chi connectivity index (χ1) is 8.63. The zero-order chi connectivity index (χ0) is 13.1. The van der Waals surface area contributed by atoms with Gasteiger partial charge in [0.05, 0.1) is 6.04 Å². The average Bonchev–Trinajstić information content (AvgIpc) is 2.86. The van der Waals surface area contributed by atoms with Gasteiger partial charge < -0.3 is 4.57 Å². The minimum Gasteiger partial charge on any atom is -0.324 e. The number of imidazole rings is 1. The molecule has 0 aliphatic carbocycles. The molecule has 1 heterocycles. The monoisotopic (exact) mass is 262 g/mol. The molecule has 4 heteroatoms. The first-order valence-corrected chi connectivity index (χ1v) is 6.32. The summed E-state index contributed by atoms with van der Waals surface area (Å²) in [5, 5.41) is 0.635. The van der Waals surface area contributed by atoms with Crippen LogP contribution in [-0.4, -0.2) is 15.3 Å². The highest BCUT2D eigenvalue weighted by molar-refractivity contribution is 6.30. The highest BCUT2D eigenvalue weighted by atomic mass is 35.5. The van der Waals surface area contributed by atoms with E-state index >= 15 is 0 Å². The van der Waals surface area contributed by atoms with E-state index in [1.807, 2.05) is 24.6 Å². The van der Waals surface area contributed by atoms with Crippen molar-refractivity contribution in [1.82, 2.24) is 9.55 Å². The Morgan fingerprint density at radius 3 is 2.67 bits per heavy atom. The van der Waals surface area contributed by atoms with Gasteiger partial charge in [-0.15, -0.1) is 0 Å². The van der Waals surface area contributed by atoms with Crippen LogP contribution >= 0.6 is 11.6 Å². The number of ketones is 1. The van der Waals surface area contributed by atoms with E-state index in [9.17, 15) is 4.79 Å². The second-order valence-electron chi connectivity index (χ2n) is 4.15. The van der Waals surface area contributed by atoms with Gasteiger partial charge in [-0.2, -0.15) is 0 Å². The molecule has 0 N–H and O–H groups in total. The Morgan fingerprint density at radius 1 is 1.39 bits per heavy atom. The third-order valence-corrected chi connectivity index (χ3v) is 3.24. The van der Waals surface area contributed by atoms with E-state index in [2.05, 4.69) is 4.98 Å². The summed E-state index contributed by atoms with van der Waals surface area (Å²) in [6.07, 6.45) is 4.38. The maximum absolute atomic E-state index is 12.3. The molecule has 0 saturated carbocycles. The van der Waals surface area contributed by atoms with Gasteiger partial charge in [0.2, 0.25) is 0 Å². The Bertz CT molecular complexity index is 545.